The molecule has 2 aromatic rings. The summed E-state index contributed by atoms with van der Waals surface area (Å²) in [6.07, 6.45) is 0.818. The predicted octanol–water partition coefficient (Wildman–Crippen LogP) is 2.57. The van der Waals surface area contributed by atoms with Gasteiger partial charge in [-0.05, 0) is 47.9 Å². The van der Waals surface area contributed by atoms with E-state index in [4.69, 9.17) is 4.74 Å². The van der Waals surface area contributed by atoms with Crippen molar-refractivity contribution in [3.8, 4) is 11.8 Å². The second kappa shape index (κ2) is 7.17. The van der Waals surface area contributed by atoms with Gasteiger partial charge in [0.1, 0.15) is 5.75 Å². The summed E-state index contributed by atoms with van der Waals surface area (Å²) in [5, 5.41) is 12.6. The Labute approximate surface area is 137 Å². The molecule has 0 aromatic heterocycles. The van der Waals surface area contributed by atoms with Crippen LogP contribution in [0.5, 0.6) is 5.75 Å². The zero-order valence-corrected chi connectivity index (χ0v) is 13.4. The molecule has 0 amide bonds. The lowest BCUT2D eigenvalue weighted by atomic mass is 10.00. The molecule has 4 nitrogen and oxygen atoms in total. The molecule has 1 fully saturated rings. The standard InChI is InChI=1S/C19H21N3O/c1-23-18-5-2-15(3-6-18)12-17-13-16(14-20)4-7-19(17)22-10-8-21-9-11-22/h2-7,13,21H,8-12H2,1H3. The molecule has 23 heavy (non-hydrogen) atoms. The highest BCUT2D eigenvalue weighted by atomic mass is 16.5. The van der Waals surface area contributed by atoms with E-state index in [1.54, 1.807) is 7.11 Å². The normalized spacial score (nSPS) is 14.3. The Morgan fingerprint density at radius 1 is 1.13 bits per heavy atom. The summed E-state index contributed by atoms with van der Waals surface area (Å²) in [6.45, 7) is 4.01. The maximum absolute atomic E-state index is 9.21. The first-order valence-corrected chi connectivity index (χ1v) is 7.92. The van der Waals surface area contributed by atoms with Crippen LogP contribution in [0, 0.1) is 11.3 Å². The quantitative estimate of drug-likeness (QED) is 0.943. The summed E-state index contributed by atoms with van der Waals surface area (Å²) in [5.74, 6) is 0.863. The lowest BCUT2D eigenvalue weighted by molar-refractivity contribution is 0.414. The average Bonchev–Trinajstić information content (AvgIpc) is 2.63. The summed E-state index contributed by atoms with van der Waals surface area (Å²) in [4.78, 5) is 2.40. The van der Waals surface area contributed by atoms with E-state index in [9.17, 15) is 5.26 Å². The van der Waals surface area contributed by atoms with E-state index in [1.165, 1.54) is 16.8 Å². The molecule has 0 bridgehead atoms. The number of hydrogen-bond donors (Lipinski definition) is 1. The van der Waals surface area contributed by atoms with E-state index in [2.05, 4.69) is 34.5 Å². The molecule has 0 unspecified atom stereocenters. The zero-order valence-electron chi connectivity index (χ0n) is 13.4. The molecule has 0 spiro atoms. The molecular formula is C19H21N3O. The van der Waals surface area contributed by atoms with Gasteiger partial charge in [0.15, 0.2) is 0 Å². The lowest BCUT2D eigenvalue weighted by Crippen LogP contribution is -2.43. The number of hydrogen-bond acceptors (Lipinski definition) is 4. The number of nitrogens with zero attached hydrogens (tertiary/aromatic N) is 2. The van der Waals surface area contributed by atoms with Crippen molar-refractivity contribution < 1.29 is 4.74 Å². The van der Waals surface area contributed by atoms with E-state index in [0.717, 1.165) is 38.3 Å². The van der Waals surface area contributed by atoms with Crippen LogP contribution in [0.2, 0.25) is 0 Å². The first kappa shape index (κ1) is 15.4. The van der Waals surface area contributed by atoms with Crippen LogP contribution < -0.4 is 15.0 Å². The van der Waals surface area contributed by atoms with Crippen molar-refractivity contribution in [1.29, 1.82) is 5.26 Å². The monoisotopic (exact) mass is 307 g/mol. The number of piperazine rings is 1. The fourth-order valence-corrected chi connectivity index (χ4v) is 2.97. The van der Waals surface area contributed by atoms with Crippen molar-refractivity contribution in [2.24, 2.45) is 0 Å². The van der Waals surface area contributed by atoms with Crippen LogP contribution in [0.3, 0.4) is 0 Å². The molecule has 4 heteroatoms. The van der Waals surface area contributed by atoms with Crippen LogP contribution in [0.1, 0.15) is 16.7 Å². The molecule has 3 rings (SSSR count). The van der Waals surface area contributed by atoms with Crippen molar-refractivity contribution in [2.75, 3.05) is 38.2 Å². The first-order valence-electron chi connectivity index (χ1n) is 7.92. The smallest absolute Gasteiger partial charge is 0.118 e. The molecule has 1 N–H and O–H groups in total. The molecule has 0 atom stereocenters. The lowest BCUT2D eigenvalue weighted by Gasteiger charge is -2.31. The number of benzene rings is 2. The van der Waals surface area contributed by atoms with E-state index in [1.807, 2.05) is 24.3 Å². The number of anilines is 1. The summed E-state index contributed by atoms with van der Waals surface area (Å²) < 4.78 is 5.22. The molecule has 1 aliphatic heterocycles. The summed E-state index contributed by atoms with van der Waals surface area (Å²) in [6, 6.07) is 16.4. The van der Waals surface area contributed by atoms with Gasteiger partial charge in [0.05, 0.1) is 18.7 Å². The minimum Gasteiger partial charge on any atom is -0.497 e. The van der Waals surface area contributed by atoms with Gasteiger partial charge in [0.2, 0.25) is 0 Å². The van der Waals surface area contributed by atoms with Gasteiger partial charge in [-0.15, -0.1) is 0 Å². The van der Waals surface area contributed by atoms with Crippen molar-refractivity contribution >= 4 is 5.69 Å². The van der Waals surface area contributed by atoms with E-state index >= 15 is 0 Å². The van der Waals surface area contributed by atoms with E-state index < -0.39 is 0 Å². The molecule has 0 aliphatic carbocycles. The number of rotatable bonds is 4. The molecule has 1 aliphatic rings. The largest absolute Gasteiger partial charge is 0.497 e. The number of ether oxygens (including phenoxy) is 1. The molecule has 1 heterocycles. The Kier molecular flexibility index (Phi) is 4.80. The van der Waals surface area contributed by atoms with Gasteiger partial charge in [-0.25, -0.2) is 0 Å². The fourth-order valence-electron chi connectivity index (χ4n) is 2.97. The number of nitriles is 1. The van der Waals surface area contributed by atoms with Gasteiger partial charge in [0, 0.05) is 31.9 Å². The second-order valence-corrected chi connectivity index (χ2v) is 5.72. The molecular weight excluding hydrogens is 286 g/mol. The van der Waals surface area contributed by atoms with Crippen molar-refractivity contribution in [1.82, 2.24) is 5.32 Å². The van der Waals surface area contributed by atoms with Crippen LogP contribution in [-0.4, -0.2) is 33.3 Å². The van der Waals surface area contributed by atoms with E-state index in [-0.39, 0.29) is 0 Å². The highest BCUT2D eigenvalue weighted by molar-refractivity contribution is 5.58. The van der Waals surface area contributed by atoms with Crippen LogP contribution in [0.4, 0.5) is 5.69 Å². The molecule has 118 valence electrons. The van der Waals surface area contributed by atoms with Crippen LogP contribution in [0.25, 0.3) is 0 Å². The molecule has 1 saturated heterocycles. The third-order valence-corrected chi connectivity index (χ3v) is 4.22. The van der Waals surface area contributed by atoms with Crippen LogP contribution in [0.15, 0.2) is 42.5 Å². The van der Waals surface area contributed by atoms with Gasteiger partial charge in [-0.3, -0.25) is 0 Å². The SMILES string of the molecule is COc1ccc(Cc2cc(C#N)ccc2N2CCNCC2)cc1. The summed E-state index contributed by atoms with van der Waals surface area (Å²) >= 11 is 0. The fraction of sp³-hybridized carbons (Fsp3) is 0.316. The Bertz CT molecular complexity index is 698. The minimum absolute atomic E-state index is 0.715. The highest BCUT2D eigenvalue weighted by Crippen LogP contribution is 2.26. The zero-order chi connectivity index (χ0) is 16.1. The maximum Gasteiger partial charge on any atom is 0.118 e. The Balaban J connectivity index is 1.89. The average molecular weight is 307 g/mol. The van der Waals surface area contributed by atoms with E-state index in [0.29, 0.717) is 5.56 Å². The highest BCUT2D eigenvalue weighted by Gasteiger charge is 2.15. The number of methoxy groups -OCH3 is 1. The van der Waals surface area contributed by atoms with Gasteiger partial charge < -0.3 is 15.0 Å². The van der Waals surface area contributed by atoms with Gasteiger partial charge in [-0.1, -0.05) is 12.1 Å². The topological polar surface area (TPSA) is 48.3 Å². The third kappa shape index (κ3) is 3.64. The van der Waals surface area contributed by atoms with Gasteiger partial charge >= 0.3 is 0 Å². The van der Waals surface area contributed by atoms with Crippen LogP contribution >= 0.6 is 0 Å². The summed E-state index contributed by atoms with van der Waals surface area (Å²) in [7, 11) is 1.67. The maximum atomic E-state index is 9.21. The summed E-state index contributed by atoms with van der Waals surface area (Å²) in [5.41, 5.74) is 4.38. The van der Waals surface area contributed by atoms with Gasteiger partial charge in [0.25, 0.3) is 0 Å². The second-order valence-electron chi connectivity index (χ2n) is 5.72. The Hall–Kier alpha value is -2.51. The third-order valence-electron chi connectivity index (χ3n) is 4.22. The Morgan fingerprint density at radius 2 is 1.87 bits per heavy atom. The molecule has 0 saturated carbocycles. The predicted molar refractivity (Wildman–Crippen MR) is 92.0 cm³/mol. The van der Waals surface area contributed by atoms with Crippen molar-refractivity contribution in [3.63, 3.8) is 0 Å². The molecule has 0 radical (unpaired) electrons. The van der Waals surface area contributed by atoms with Crippen molar-refractivity contribution in [3.05, 3.63) is 59.2 Å². The Morgan fingerprint density at radius 3 is 2.52 bits per heavy atom. The number of nitrogens with one attached hydrogen (secondary N) is 1. The minimum atomic E-state index is 0.715. The van der Waals surface area contributed by atoms with Crippen LogP contribution in [-0.2, 0) is 6.42 Å². The van der Waals surface area contributed by atoms with Crippen molar-refractivity contribution in [2.45, 2.75) is 6.42 Å². The first-order chi connectivity index (χ1) is 11.3. The van der Waals surface area contributed by atoms with Gasteiger partial charge in [-0.2, -0.15) is 5.26 Å². The molecule has 2 aromatic carbocycles.